The lowest BCUT2D eigenvalue weighted by atomic mass is 10.2. The zero-order valence-electron chi connectivity index (χ0n) is 12.7. The van der Waals surface area contributed by atoms with Crippen LogP contribution in [0.25, 0.3) is 16.6 Å². The van der Waals surface area contributed by atoms with Crippen LogP contribution in [0.15, 0.2) is 48.5 Å². The maximum absolute atomic E-state index is 10.8. The van der Waals surface area contributed by atoms with E-state index in [4.69, 9.17) is 16.3 Å². The molecule has 0 fully saturated rings. The topological polar surface area (TPSA) is 56.5 Å². The fourth-order valence-corrected chi connectivity index (χ4v) is 2.72. The molecule has 6 heteroatoms. The smallest absolute Gasteiger partial charge is 0.230 e. The number of halogens is 1. The first-order chi connectivity index (χ1) is 11.7. The van der Waals surface area contributed by atoms with Crippen LogP contribution in [0.4, 0.5) is 0 Å². The minimum absolute atomic E-state index is 0.443. The van der Waals surface area contributed by atoms with E-state index in [0.29, 0.717) is 33.6 Å². The number of aldehydes is 1. The number of rotatable bonds is 3. The highest BCUT2D eigenvalue weighted by Crippen LogP contribution is 2.32. The molecule has 2 heterocycles. The summed E-state index contributed by atoms with van der Waals surface area (Å²) in [5, 5.41) is 5.76. The van der Waals surface area contributed by atoms with E-state index in [1.807, 2.05) is 31.2 Å². The summed E-state index contributed by atoms with van der Waals surface area (Å²) in [5.74, 6) is 1.04. The first-order valence-electron chi connectivity index (χ1n) is 7.34. The van der Waals surface area contributed by atoms with Gasteiger partial charge < -0.3 is 4.74 Å². The van der Waals surface area contributed by atoms with Gasteiger partial charge >= 0.3 is 0 Å². The monoisotopic (exact) mass is 337 g/mol. The van der Waals surface area contributed by atoms with Crippen LogP contribution < -0.4 is 4.74 Å². The minimum atomic E-state index is 0.443. The van der Waals surface area contributed by atoms with Gasteiger partial charge in [-0.2, -0.15) is 10.1 Å². The minimum Gasteiger partial charge on any atom is -0.438 e. The second-order valence-electron chi connectivity index (χ2n) is 5.36. The zero-order valence-corrected chi connectivity index (χ0v) is 13.5. The molecular formula is C18H12ClN3O2. The second kappa shape index (κ2) is 5.62. The summed E-state index contributed by atoms with van der Waals surface area (Å²) in [6.45, 7) is 1.84. The standard InChI is InChI=1S/C18H12ClN3O2/c1-11-16(19)17-20-18(24-13-8-6-12(10-23)7-9-13)14-4-2-3-5-15(14)22(17)21-11/h2-10H,1H3. The zero-order chi connectivity index (χ0) is 16.7. The molecule has 0 radical (unpaired) electrons. The van der Waals surface area contributed by atoms with E-state index in [-0.39, 0.29) is 0 Å². The molecule has 24 heavy (non-hydrogen) atoms. The molecule has 0 aliphatic rings. The molecule has 0 aliphatic carbocycles. The molecule has 5 nitrogen and oxygen atoms in total. The van der Waals surface area contributed by atoms with Gasteiger partial charge in [0.1, 0.15) is 17.1 Å². The molecule has 4 aromatic rings. The SMILES string of the molecule is Cc1nn2c(nc(Oc3ccc(C=O)cc3)c3ccccc32)c1Cl. The molecule has 0 unspecified atom stereocenters. The maximum Gasteiger partial charge on any atom is 0.230 e. The van der Waals surface area contributed by atoms with E-state index in [1.54, 1.807) is 28.8 Å². The van der Waals surface area contributed by atoms with E-state index in [1.165, 1.54) is 0 Å². The Labute approximate surface area is 142 Å². The molecule has 118 valence electrons. The van der Waals surface area contributed by atoms with Crippen molar-refractivity contribution in [1.82, 2.24) is 14.6 Å². The van der Waals surface area contributed by atoms with Gasteiger partial charge in [-0.3, -0.25) is 4.79 Å². The van der Waals surface area contributed by atoms with Crippen LogP contribution in [0.1, 0.15) is 16.1 Å². The van der Waals surface area contributed by atoms with Crippen LogP contribution in [0.3, 0.4) is 0 Å². The lowest BCUT2D eigenvalue weighted by Crippen LogP contribution is -1.97. The first-order valence-corrected chi connectivity index (χ1v) is 7.72. The number of hydrogen-bond donors (Lipinski definition) is 0. The molecule has 0 aliphatic heterocycles. The lowest BCUT2D eigenvalue weighted by molar-refractivity contribution is 0.112. The Morgan fingerprint density at radius 3 is 2.62 bits per heavy atom. The van der Waals surface area contributed by atoms with Crippen LogP contribution in [0, 0.1) is 6.92 Å². The van der Waals surface area contributed by atoms with Crippen molar-refractivity contribution in [2.24, 2.45) is 0 Å². The first kappa shape index (κ1) is 14.7. The summed E-state index contributed by atoms with van der Waals surface area (Å²) in [4.78, 5) is 15.3. The largest absolute Gasteiger partial charge is 0.438 e. The van der Waals surface area contributed by atoms with Gasteiger partial charge in [0.2, 0.25) is 5.88 Å². The van der Waals surface area contributed by atoms with Crippen molar-refractivity contribution < 1.29 is 9.53 Å². The van der Waals surface area contributed by atoms with Gasteiger partial charge in [-0.05, 0) is 43.3 Å². The average Bonchev–Trinajstić information content (AvgIpc) is 2.91. The van der Waals surface area contributed by atoms with Gasteiger partial charge in [-0.1, -0.05) is 23.7 Å². The van der Waals surface area contributed by atoms with Gasteiger partial charge in [-0.15, -0.1) is 0 Å². The fourth-order valence-electron chi connectivity index (χ4n) is 2.56. The lowest BCUT2D eigenvalue weighted by Gasteiger charge is -2.09. The van der Waals surface area contributed by atoms with E-state index in [2.05, 4.69) is 10.1 Å². The number of aryl methyl sites for hydroxylation is 1. The molecule has 0 amide bonds. The quantitative estimate of drug-likeness (QED) is 0.518. The number of carbonyl (C=O) groups is 1. The van der Waals surface area contributed by atoms with Crippen molar-refractivity contribution in [3.8, 4) is 11.6 Å². The Morgan fingerprint density at radius 1 is 1.12 bits per heavy atom. The van der Waals surface area contributed by atoms with Crippen molar-refractivity contribution in [2.75, 3.05) is 0 Å². The predicted octanol–water partition coefficient (Wildman–Crippen LogP) is 4.45. The summed E-state index contributed by atoms with van der Waals surface area (Å²) in [5.41, 5.74) is 2.70. The highest BCUT2D eigenvalue weighted by molar-refractivity contribution is 6.34. The van der Waals surface area contributed by atoms with Gasteiger partial charge in [-0.25, -0.2) is 4.52 Å². The molecular weight excluding hydrogens is 326 g/mol. The molecule has 0 saturated carbocycles. The Bertz CT molecular complexity index is 1070. The molecule has 0 spiro atoms. The second-order valence-corrected chi connectivity index (χ2v) is 5.74. The highest BCUT2D eigenvalue weighted by atomic mass is 35.5. The van der Waals surface area contributed by atoms with Crippen LogP contribution in [-0.4, -0.2) is 20.9 Å². The Morgan fingerprint density at radius 2 is 1.88 bits per heavy atom. The number of para-hydroxylation sites is 1. The Hall–Kier alpha value is -2.92. The van der Waals surface area contributed by atoms with Crippen molar-refractivity contribution >= 4 is 34.4 Å². The number of ether oxygens (including phenoxy) is 1. The molecule has 2 aromatic heterocycles. The third-order valence-corrected chi connectivity index (χ3v) is 4.21. The van der Waals surface area contributed by atoms with Crippen molar-refractivity contribution in [2.45, 2.75) is 6.92 Å². The van der Waals surface area contributed by atoms with Crippen LogP contribution >= 0.6 is 11.6 Å². The summed E-state index contributed by atoms with van der Waals surface area (Å²) in [6, 6.07) is 14.5. The third-order valence-electron chi connectivity index (χ3n) is 3.77. The van der Waals surface area contributed by atoms with Crippen molar-refractivity contribution in [3.63, 3.8) is 0 Å². The average molecular weight is 338 g/mol. The summed E-state index contributed by atoms with van der Waals surface area (Å²) in [7, 11) is 0. The van der Waals surface area contributed by atoms with E-state index >= 15 is 0 Å². The Kier molecular flexibility index (Phi) is 3.43. The summed E-state index contributed by atoms with van der Waals surface area (Å²) >= 11 is 6.32. The highest BCUT2D eigenvalue weighted by Gasteiger charge is 2.15. The van der Waals surface area contributed by atoms with Crippen LogP contribution in [0.5, 0.6) is 11.6 Å². The summed E-state index contributed by atoms with van der Waals surface area (Å²) in [6.07, 6.45) is 0.790. The van der Waals surface area contributed by atoms with Crippen molar-refractivity contribution in [3.05, 3.63) is 64.8 Å². The van der Waals surface area contributed by atoms with Crippen LogP contribution in [0.2, 0.25) is 5.02 Å². The number of fused-ring (bicyclic) bond motifs is 3. The van der Waals surface area contributed by atoms with Crippen LogP contribution in [-0.2, 0) is 0 Å². The van der Waals surface area contributed by atoms with E-state index < -0.39 is 0 Å². The van der Waals surface area contributed by atoms with Gasteiger partial charge in [0.25, 0.3) is 0 Å². The molecule has 4 rings (SSSR count). The number of carbonyl (C=O) groups excluding carboxylic acids is 1. The molecule has 0 N–H and O–H groups in total. The van der Waals surface area contributed by atoms with Crippen molar-refractivity contribution in [1.29, 1.82) is 0 Å². The third kappa shape index (κ3) is 2.30. The molecule has 0 saturated heterocycles. The van der Waals surface area contributed by atoms with Gasteiger partial charge in [0.15, 0.2) is 5.65 Å². The molecule has 2 aromatic carbocycles. The van der Waals surface area contributed by atoms with E-state index in [9.17, 15) is 4.79 Å². The molecule has 0 atom stereocenters. The predicted molar refractivity (Wildman–Crippen MR) is 92.1 cm³/mol. The van der Waals surface area contributed by atoms with Gasteiger partial charge in [0.05, 0.1) is 16.6 Å². The number of hydrogen-bond acceptors (Lipinski definition) is 4. The van der Waals surface area contributed by atoms with Gasteiger partial charge in [0, 0.05) is 5.56 Å². The molecule has 0 bridgehead atoms. The maximum atomic E-state index is 10.8. The summed E-state index contributed by atoms with van der Waals surface area (Å²) < 4.78 is 7.65. The Balaban J connectivity index is 1.91. The normalized spacial score (nSPS) is 11.1. The fraction of sp³-hybridized carbons (Fsp3) is 0.0556. The number of aromatic nitrogens is 3. The van der Waals surface area contributed by atoms with E-state index in [0.717, 1.165) is 17.2 Å². The number of nitrogens with zero attached hydrogens (tertiary/aromatic N) is 3. The number of benzene rings is 2.